The highest BCUT2D eigenvalue weighted by Crippen LogP contribution is 2.22. The van der Waals surface area contributed by atoms with Crippen molar-refractivity contribution >= 4 is 11.7 Å². The normalized spacial score (nSPS) is 10.9. The van der Waals surface area contributed by atoms with E-state index in [4.69, 9.17) is 0 Å². The van der Waals surface area contributed by atoms with E-state index in [0.29, 0.717) is 11.3 Å². The van der Waals surface area contributed by atoms with Gasteiger partial charge in [0.25, 0.3) is 5.91 Å². The number of nitrogens with one attached hydrogen (secondary N) is 1. The lowest BCUT2D eigenvalue weighted by Crippen LogP contribution is -2.15. The van der Waals surface area contributed by atoms with Gasteiger partial charge in [0.1, 0.15) is 11.6 Å². The molecule has 0 aliphatic rings. The van der Waals surface area contributed by atoms with Gasteiger partial charge in [-0.05, 0) is 25.1 Å². The summed E-state index contributed by atoms with van der Waals surface area (Å²) in [5.74, 6) is -0.994. The Balaban J connectivity index is 1.77. The van der Waals surface area contributed by atoms with Crippen molar-refractivity contribution in [2.24, 2.45) is 0 Å². The number of nitrogens with zero attached hydrogens (tertiary/aromatic N) is 2. The third kappa shape index (κ3) is 4.46. The Morgan fingerprint density at radius 1 is 1.19 bits per heavy atom. The average molecular weight is 375 g/mol. The van der Waals surface area contributed by atoms with E-state index >= 15 is 0 Å². The predicted octanol–water partition coefficient (Wildman–Crippen LogP) is 4.23. The molecule has 2 aromatic carbocycles. The van der Waals surface area contributed by atoms with Crippen molar-refractivity contribution in [3.8, 4) is 5.75 Å². The maximum atomic E-state index is 13.8. The standard InChI is InChI=1S/C19H16F3N3O2/c1-12-10-17(24-25(12)11-13-6-2-4-8-15(13)20)23-18(26)14-7-3-5-9-16(14)27-19(21)22/h2-10,19H,11H2,1H3,(H,23,24,26). The van der Waals surface area contributed by atoms with Crippen LogP contribution >= 0.6 is 0 Å². The molecule has 0 aliphatic carbocycles. The number of para-hydroxylation sites is 1. The number of aromatic nitrogens is 2. The molecular formula is C19H16F3N3O2. The second-order valence-electron chi connectivity index (χ2n) is 5.75. The second kappa shape index (κ2) is 7.94. The highest BCUT2D eigenvalue weighted by Gasteiger charge is 2.17. The molecule has 0 aliphatic heterocycles. The first-order valence-electron chi connectivity index (χ1n) is 8.07. The van der Waals surface area contributed by atoms with Gasteiger partial charge in [-0.2, -0.15) is 13.9 Å². The van der Waals surface area contributed by atoms with Crippen LogP contribution in [-0.2, 0) is 6.54 Å². The van der Waals surface area contributed by atoms with Gasteiger partial charge in [0.05, 0.1) is 12.1 Å². The first kappa shape index (κ1) is 18.5. The van der Waals surface area contributed by atoms with Crippen LogP contribution in [0.25, 0.3) is 0 Å². The van der Waals surface area contributed by atoms with Gasteiger partial charge in [-0.25, -0.2) is 4.39 Å². The summed E-state index contributed by atoms with van der Waals surface area (Å²) >= 11 is 0. The van der Waals surface area contributed by atoms with Crippen LogP contribution in [0.4, 0.5) is 19.0 Å². The highest BCUT2D eigenvalue weighted by atomic mass is 19.3. The fraction of sp³-hybridized carbons (Fsp3) is 0.158. The Morgan fingerprint density at radius 3 is 2.63 bits per heavy atom. The number of anilines is 1. The molecule has 3 rings (SSSR count). The zero-order valence-electron chi connectivity index (χ0n) is 14.3. The Bertz CT molecular complexity index is 957. The molecular weight excluding hydrogens is 359 g/mol. The number of aryl methyl sites for hydroxylation is 1. The molecule has 1 aromatic heterocycles. The van der Waals surface area contributed by atoms with E-state index in [1.54, 1.807) is 31.2 Å². The summed E-state index contributed by atoms with van der Waals surface area (Å²) in [7, 11) is 0. The summed E-state index contributed by atoms with van der Waals surface area (Å²) in [6.45, 7) is -1.09. The molecule has 140 valence electrons. The molecule has 3 aromatic rings. The number of carbonyl (C=O) groups is 1. The maximum Gasteiger partial charge on any atom is 0.387 e. The van der Waals surface area contributed by atoms with E-state index in [0.717, 1.165) is 0 Å². The first-order chi connectivity index (χ1) is 12.9. The van der Waals surface area contributed by atoms with Gasteiger partial charge >= 0.3 is 6.61 Å². The van der Waals surface area contributed by atoms with Crippen molar-refractivity contribution in [3.05, 3.63) is 77.2 Å². The van der Waals surface area contributed by atoms with Gasteiger partial charge in [0.15, 0.2) is 5.82 Å². The lowest BCUT2D eigenvalue weighted by molar-refractivity contribution is -0.0501. The Kier molecular flexibility index (Phi) is 5.44. The molecule has 0 unspecified atom stereocenters. The molecule has 0 saturated heterocycles. The molecule has 0 radical (unpaired) electrons. The molecule has 0 bridgehead atoms. The molecule has 0 atom stereocenters. The number of hydrogen-bond donors (Lipinski definition) is 1. The molecule has 1 N–H and O–H groups in total. The molecule has 1 amide bonds. The minimum atomic E-state index is -3.04. The molecule has 0 saturated carbocycles. The van der Waals surface area contributed by atoms with Gasteiger partial charge in [-0.1, -0.05) is 30.3 Å². The van der Waals surface area contributed by atoms with E-state index in [1.165, 1.54) is 35.0 Å². The van der Waals surface area contributed by atoms with Crippen molar-refractivity contribution in [2.75, 3.05) is 5.32 Å². The van der Waals surface area contributed by atoms with Gasteiger partial charge in [0.2, 0.25) is 0 Å². The van der Waals surface area contributed by atoms with Gasteiger partial charge in [-0.15, -0.1) is 0 Å². The highest BCUT2D eigenvalue weighted by molar-refractivity contribution is 6.05. The molecule has 0 fully saturated rings. The lowest BCUT2D eigenvalue weighted by atomic mass is 10.2. The number of halogens is 3. The minimum absolute atomic E-state index is 0.0425. The number of alkyl halides is 2. The number of ether oxygens (including phenoxy) is 1. The molecule has 0 spiro atoms. The van der Waals surface area contributed by atoms with Gasteiger partial charge in [0, 0.05) is 17.3 Å². The third-order valence-corrected chi connectivity index (χ3v) is 3.85. The number of carbonyl (C=O) groups excluding carboxylic acids is 1. The largest absolute Gasteiger partial charge is 0.434 e. The number of rotatable bonds is 6. The van der Waals surface area contributed by atoms with Crippen molar-refractivity contribution in [3.63, 3.8) is 0 Å². The number of benzene rings is 2. The fourth-order valence-electron chi connectivity index (χ4n) is 2.56. The monoisotopic (exact) mass is 375 g/mol. The van der Waals surface area contributed by atoms with Crippen LogP contribution in [0.2, 0.25) is 0 Å². The molecule has 8 heteroatoms. The van der Waals surface area contributed by atoms with Crippen LogP contribution in [0.5, 0.6) is 5.75 Å². The minimum Gasteiger partial charge on any atom is -0.434 e. The summed E-state index contributed by atoms with van der Waals surface area (Å²) in [5, 5.41) is 6.78. The number of hydrogen-bond acceptors (Lipinski definition) is 3. The second-order valence-corrected chi connectivity index (χ2v) is 5.75. The smallest absolute Gasteiger partial charge is 0.387 e. The first-order valence-corrected chi connectivity index (χ1v) is 8.07. The van der Waals surface area contributed by atoms with E-state index in [1.807, 2.05) is 0 Å². The fourth-order valence-corrected chi connectivity index (χ4v) is 2.56. The van der Waals surface area contributed by atoms with E-state index in [2.05, 4.69) is 15.2 Å². The van der Waals surface area contributed by atoms with Crippen LogP contribution in [0.3, 0.4) is 0 Å². The summed E-state index contributed by atoms with van der Waals surface area (Å²) in [5.41, 5.74) is 1.11. The van der Waals surface area contributed by atoms with Crippen molar-refractivity contribution in [2.45, 2.75) is 20.1 Å². The third-order valence-electron chi connectivity index (χ3n) is 3.85. The molecule has 27 heavy (non-hydrogen) atoms. The zero-order chi connectivity index (χ0) is 19.4. The lowest BCUT2D eigenvalue weighted by Gasteiger charge is -2.09. The zero-order valence-corrected chi connectivity index (χ0v) is 14.3. The van der Waals surface area contributed by atoms with Crippen molar-refractivity contribution in [1.29, 1.82) is 0 Å². The summed E-state index contributed by atoms with van der Waals surface area (Å²) in [4.78, 5) is 12.4. The van der Waals surface area contributed by atoms with E-state index in [-0.39, 0.29) is 29.5 Å². The summed E-state index contributed by atoms with van der Waals surface area (Å²) in [6.07, 6.45) is 0. The Morgan fingerprint density at radius 2 is 1.89 bits per heavy atom. The maximum absolute atomic E-state index is 13.8. The van der Waals surface area contributed by atoms with Crippen LogP contribution in [0.1, 0.15) is 21.6 Å². The topological polar surface area (TPSA) is 56.1 Å². The van der Waals surface area contributed by atoms with Crippen molar-refractivity contribution in [1.82, 2.24) is 9.78 Å². The summed E-state index contributed by atoms with van der Waals surface area (Å²) < 4.78 is 44.7. The van der Waals surface area contributed by atoms with Crippen LogP contribution in [-0.4, -0.2) is 22.3 Å². The molecule has 1 heterocycles. The van der Waals surface area contributed by atoms with E-state index < -0.39 is 12.5 Å². The Hall–Kier alpha value is -3.29. The quantitative estimate of drug-likeness (QED) is 0.701. The van der Waals surface area contributed by atoms with Crippen LogP contribution in [0, 0.1) is 12.7 Å². The van der Waals surface area contributed by atoms with Crippen LogP contribution in [0.15, 0.2) is 54.6 Å². The average Bonchev–Trinajstić information content (AvgIpc) is 2.96. The van der Waals surface area contributed by atoms with Gasteiger partial charge < -0.3 is 10.1 Å². The SMILES string of the molecule is Cc1cc(NC(=O)c2ccccc2OC(F)F)nn1Cc1ccccc1F. The van der Waals surface area contributed by atoms with E-state index in [9.17, 15) is 18.0 Å². The van der Waals surface area contributed by atoms with Crippen LogP contribution < -0.4 is 10.1 Å². The van der Waals surface area contributed by atoms with Crippen molar-refractivity contribution < 1.29 is 22.7 Å². The van der Waals surface area contributed by atoms with Gasteiger partial charge in [-0.3, -0.25) is 9.48 Å². The molecule has 5 nitrogen and oxygen atoms in total. The number of amides is 1. The Labute approximate surface area is 153 Å². The predicted molar refractivity (Wildman–Crippen MR) is 93.5 cm³/mol. The summed E-state index contributed by atoms with van der Waals surface area (Å²) in [6, 6.07) is 13.6.